The number of hydrogen-bond donors (Lipinski definition) is 1. The van der Waals surface area contributed by atoms with Gasteiger partial charge in [0.1, 0.15) is 11.7 Å². The fraction of sp³-hybridized carbons (Fsp3) is 0.280. The summed E-state index contributed by atoms with van der Waals surface area (Å²) in [7, 11) is 2.47. The minimum Gasteiger partial charge on any atom is -0.493 e. The van der Waals surface area contributed by atoms with E-state index in [0.29, 0.717) is 28.5 Å². The second-order valence-corrected chi connectivity index (χ2v) is 8.55. The number of nitrogens with zero attached hydrogens (tertiary/aromatic N) is 1. The number of aryl methyl sites for hydroxylation is 1. The van der Waals surface area contributed by atoms with Crippen molar-refractivity contribution in [1.82, 2.24) is 5.32 Å². The number of rotatable bonds is 8. The Kier molecular flexibility index (Phi) is 8.33. The summed E-state index contributed by atoms with van der Waals surface area (Å²) < 4.78 is 15.3. The molecule has 176 valence electrons. The first kappa shape index (κ1) is 24.9. The third-order valence-corrected chi connectivity index (χ3v) is 6.28. The van der Waals surface area contributed by atoms with E-state index in [0.717, 1.165) is 11.3 Å². The van der Waals surface area contributed by atoms with Crippen molar-refractivity contribution < 1.29 is 28.6 Å². The van der Waals surface area contributed by atoms with Gasteiger partial charge < -0.3 is 19.5 Å². The van der Waals surface area contributed by atoms with Crippen molar-refractivity contribution in [3.05, 3.63) is 75.8 Å². The number of thioether (sulfide) groups is 1. The summed E-state index contributed by atoms with van der Waals surface area (Å²) in [5.74, 6) is -2.74. The number of ether oxygens (including phenoxy) is 3. The first-order valence-electron chi connectivity index (χ1n) is 10.4. The highest BCUT2D eigenvalue weighted by molar-refractivity contribution is 8.03. The van der Waals surface area contributed by atoms with Crippen LogP contribution in [0.15, 0.2) is 59.1 Å². The zero-order valence-electron chi connectivity index (χ0n) is 19.0. The molecule has 0 saturated carbocycles. The molecule has 3 rings (SSSR count). The minimum absolute atomic E-state index is 0.237. The zero-order chi connectivity index (χ0) is 24.7. The molecule has 1 amide bonds. The van der Waals surface area contributed by atoms with Crippen molar-refractivity contribution in [3.8, 4) is 11.8 Å². The van der Waals surface area contributed by atoms with Crippen LogP contribution in [0.5, 0.6) is 5.75 Å². The minimum atomic E-state index is -1.24. The monoisotopic (exact) mass is 480 g/mol. The van der Waals surface area contributed by atoms with Crippen molar-refractivity contribution >= 4 is 29.6 Å². The lowest BCUT2D eigenvalue weighted by Gasteiger charge is -2.31. The van der Waals surface area contributed by atoms with Crippen LogP contribution < -0.4 is 10.1 Å². The van der Waals surface area contributed by atoms with Crippen LogP contribution in [-0.2, 0) is 19.1 Å². The van der Waals surface area contributed by atoms with Gasteiger partial charge in [0.05, 0.1) is 43.1 Å². The Hall–Kier alpha value is -3.77. The van der Waals surface area contributed by atoms with E-state index >= 15 is 0 Å². The van der Waals surface area contributed by atoms with Gasteiger partial charge in [0.2, 0.25) is 5.91 Å². The van der Waals surface area contributed by atoms with Crippen molar-refractivity contribution in [2.75, 3.05) is 26.6 Å². The van der Waals surface area contributed by atoms with Gasteiger partial charge in [0.15, 0.2) is 0 Å². The quantitative estimate of drug-likeness (QED) is 0.348. The van der Waals surface area contributed by atoms with E-state index in [1.165, 1.54) is 38.1 Å². The van der Waals surface area contributed by atoms with Crippen molar-refractivity contribution in [1.29, 1.82) is 5.26 Å². The first-order chi connectivity index (χ1) is 16.4. The lowest BCUT2D eigenvalue weighted by atomic mass is 9.78. The summed E-state index contributed by atoms with van der Waals surface area (Å²) in [4.78, 5) is 37.1. The normalized spacial score (nSPS) is 17.4. The van der Waals surface area contributed by atoms with Crippen molar-refractivity contribution in [2.24, 2.45) is 5.92 Å². The van der Waals surface area contributed by atoms with E-state index in [-0.39, 0.29) is 5.57 Å². The largest absolute Gasteiger partial charge is 0.493 e. The molecule has 0 fully saturated rings. The van der Waals surface area contributed by atoms with Crippen molar-refractivity contribution in [3.63, 3.8) is 0 Å². The summed E-state index contributed by atoms with van der Waals surface area (Å²) in [5, 5.41) is 13.0. The molecule has 1 aliphatic rings. The maximum atomic E-state index is 12.9. The third-order valence-electron chi connectivity index (χ3n) is 5.29. The molecule has 2 aromatic rings. The van der Waals surface area contributed by atoms with E-state index in [1.54, 1.807) is 12.1 Å². The average Bonchev–Trinajstić information content (AvgIpc) is 2.86. The first-order valence-corrected chi connectivity index (χ1v) is 11.4. The number of amides is 1. The summed E-state index contributed by atoms with van der Waals surface area (Å²) in [6.07, 6.45) is 0. The summed E-state index contributed by atoms with van der Waals surface area (Å²) >= 11 is 1.26. The molecule has 1 N–H and O–H groups in total. The van der Waals surface area contributed by atoms with Crippen LogP contribution in [-0.4, -0.2) is 44.4 Å². The summed E-state index contributed by atoms with van der Waals surface area (Å²) in [6.45, 7) is 2.34. The maximum absolute atomic E-state index is 12.9. The highest BCUT2D eigenvalue weighted by Gasteiger charge is 2.44. The van der Waals surface area contributed by atoms with Gasteiger partial charge in [0, 0.05) is 11.7 Å². The van der Waals surface area contributed by atoms with Crippen molar-refractivity contribution in [2.45, 2.75) is 12.8 Å². The fourth-order valence-corrected chi connectivity index (χ4v) is 4.43. The predicted molar refractivity (Wildman–Crippen MR) is 126 cm³/mol. The predicted octanol–water partition coefficient (Wildman–Crippen LogP) is 3.33. The van der Waals surface area contributed by atoms with E-state index in [9.17, 15) is 19.6 Å². The lowest BCUT2D eigenvalue weighted by Crippen LogP contribution is -2.44. The molecule has 0 radical (unpaired) electrons. The van der Waals surface area contributed by atoms with E-state index in [1.807, 2.05) is 31.2 Å². The molecule has 0 spiro atoms. The highest BCUT2D eigenvalue weighted by Crippen LogP contribution is 2.40. The fourth-order valence-electron chi connectivity index (χ4n) is 3.56. The molecule has 0 aliphatic carbocycles. The van der Waals surface area contributed by atoms with Crippen LogP contribution >= 0.6 is 11.8 Å². The van der Waals surface area contributed by atoms with Gasteiger partial charge in [-0.1, -0.05) is 29.8 Å². The summed E-state index contributed by atoms with van der Waals surface area (Å²) in [6, 6.07) is 16.0. The Morgan fingerprint density at radius 3 is 2.32 bits per heavy atom. The van der Waals surface area contributed by atoms with Crippen LogP contribution in [0.4, 0.5) is 0 Å². The van der Waals surface area contributed by atoms with Gasteiger partial charge in [-0.05, 0) is 36.8 Å². The van der Waals surface area contributed by atoms with Gasteiger partial charge in [-0.25, -0.2) is 4.79 Å². The number of hydrogen-bond acceptors (Lipinski definition) is 8. The van der Waals surface area contributed by atoms with Gasteiger partial charge >= 0.3 is 11.9 Å². The molecule has 8 nitrogen and oxygen atoms in total. The second-order valence-electron chi connectivity index (χ2n) is 7.45. The lowest BCUT2D eigenvalue weighted by molar-refractivity contribution is -0.150. The van der Waals surface area contributed by atoms with Crippen LogP contribution in [0.25, 0.3) is 0 Å². The molecular formula is C25H24N2O6S. The molecule has 0 unspecified atom stereocenters. The van der Waals surface area contributed by atoms with Gasteiger partial charge in [-0.15, -0.1) is 11.8 Å². The molecule has 2 aromatic carbocycles. The van der Waals surface area contributed by atoms with E-state index < -0.39 is 29.7 Å². The number of carbonyl (C=O) groups excluding carboxylic acids is 3. The van der Waals surface area contributed by atoms with Crippen LogP contribution in [0.3, 0.4) is 0 Å². The number of benzene rings is 2. The molecular weight excluding hydrogens is 456 g/mol. The Labute approximate surface area is 201 Å². The van der Waals surface area contributed by atoms with Crippen LogP contribution in [0.2, 0.25) is 0 Å². The number of carbonyl (C=O) groups is 3. The molecule has 1 aliphatic heterocycles. The molecule has 34 heavy (non-hydrogen) atoms. The van der Waals surface area contributed by atoms with Gasteiger partial charge in [0.25, 0.3) is 0 Å². The SMILES string of the molecule is COC(=O)c1ccc([C@@H]2C(C#N)=C(SCCOc3ccc(C)cc3)NC(=O)[C@@H]2C(=O)OC)cc1. The number of nitrogens with one attached hydrogen (secondary N) is 1. The molecule has 0 saturated heterocycles. The molecule has 1 heterocycles. The maximum Gasteiger partial charge on any atom is 0.337 e. The Balaban J connectivity index is 1.85. The Morgan fingerprint density at radius 2 is 1.74 bits per heavy atom. The third kappa shape index (κ3) is 5.58. The van der Waals surface area contributed by atoms with E-state index in [2.05, 4.69) is 11.4 Å². The molecule has 0 bridgehead atoms. The zero-order valence-corrected chi connectivity index (χ0v) is 19.8. The molecule has 9 heteroatoms. The van der Waals surface area contributed by atoms with Crippen LogP contribution in [0, 0.1) is 24.2 Å². The number of methoxy groups -OCH3 is 2. The number of allylic oxidation sites excluding steroid dienone is 1. The topological polar surface area (TPSA) is 115 Å². The Bertz CT molecular complexity index is 1140. The van der Waals surface area contributed by atoms with E-state index in [4.69, 9.17) is 14.2 Å². The summed E-state index contributed by atoms with van der Waals surface area (Å²) in [5.41, 5.74) is 2.21. The molecule has 2 atom stereocenters. The second kappa shape index (κ2) is 11.4. The van der Waals surface area contributed by atoms with Gasteiger partial charge in [-0.2, -0.15) is 5.26 Å². The van der Waals surface area contributed by atoms with Crippen LogP contribution in [0.1, 0.15) is 27.4 Å². The highest BCUT2D eigenvalue weighted by atomic mass is 32.2. The Morgan fingerprint density at radius 1 is 1.06 bits per heavy atom. The van der Waals surface area contributed by atoms with Gasteiger partial charge in [-0.3, -0.25) is 9.59 Å². The smallest absolute Gasteiger partial charge is 0.337 e. The molecule has 0 aromatic heterocycles. The number of esters is 2. The number of nitriles is 1. The average molecular weight is 481 g/mol. The standard InChI is InChI=1S/C25H24N2O6S/c1-15-4-10-18(11-5-15)33-12-13-34-23-19(14-26)20(21(22(28)27-23)25(30)32-3)16-6-8-17(9-7-16)24(29)31-2/h4-11,20-21H,12-13H2,1-3H3,(H,27,28)/t20-,21-/m1/s1.